The van der Waals surface area contributed by atoms with E-state index in [-0.39, 0.29) is 17.3 Å². The Morgan fingerprint density at radius 2 is 2.11 bits per heavy atom. The normalized spacial score (nSPS) is 35.4. The molecule has 4 unspecified atom stereocenters. The molecule has 2 aliphatic carbocycles. The Morgan fingerprint density at radius 1 is 1.44 bits per heavy atom. The van der Waals surface area contributed by atoms with Gasteiger partial charge in [-0.2, -0.15) is 11.8 Å². The molecule has 0 heterocycles. The molecule has 0 aromatic rings. The van der Waals surface area contributed by atoms with Gasteiger partial charge in [0.15, 0.2) is 0 Å². The third-order valence-electron chi connectivity index (χ3n) is 4.09. The van der Waals surface area contributed by atoms with Crippen LogP contribution in [0.5, 0.6) is 0 Å². The van der Waals surface area contributed by atoms with Gasteiger partial charge < -0.3 is 16.2 Å². The van der Waals surface area contributed by atoms with E-state index in [0.29, 0.717) is 11.3 Å². The third-order valence-corrected chi connectivity index (χ3v) is 5.70. The first kappa shape index (κ1) is 14.2. The molecule has 2 fully saturated rings. The first-order valence-electron chi connectivity index (χ1n) is 6.84. The van der Waals surface area contributed by atoms with E-state index < -0.39 is 5.54 Å². The highest BCUT2D eigenvalue weighted by molar-refractivity contribution is 8.00. The van der Waals surface area contributed by atoms with Gasteiger partial charge in [-0.25, -0.2) is 0 Å². The molecule has 0 saturated heterocycles. The van der Waals surface area contributed by atoms with Gasteiger partial charge in [0.1, 0.15) is 0 Å². The number of rotatable bonds is 6. The van der Waals surface area contributed by atoms with Crippen molar-refractivity contribution in [1.29, 1.82) is 0 Å². The van der Waals surface area contributed by atoms with Crippen LogP contribution >= 0.6 is 11.8 Å². The first-order valence-corrected chi connectivity index (χ1v) is 7.78. The molecule has 0 bridgehead atoms. The van der Waals surface area contributed by atoms with Gasteiger partial charge in [0.25, 0.3) is 0 Å². The maximum Gasteiger partial charge on any atom is 0.237 e. The summed E-state index contributed by atoms with van der Waals surface area (Å²) in [5, 5.41) is 13.6. The SMILES string of the molecule is CC(O)C(C)SC1CCC(NC2CC2)(C(N)=O)C1. The van der Waals surface area contributed by atoms with Crippen LogP contribution in [0.1, 0.15) is 46.0 Å². The Balaban J connectivity index is 1.92. The van der Waals surface area contributed by atoms with Gasteiger partial charge in [-0.05, 0) is 39.0 Å². The van der Waals surface area contributed by atoms with E-state index in [1.54, 1.807) is 11.8 Å². The second-order valence-electron chi connectivity index (χ2n) is 5.81. The summed E-state index contributed by atoms with van der Waals surface area (Å²) < 4.78 is 0. The van der Waals surface area contributed by atoms with Crippen LogP contribution in [-0.2, 0) is 4.79 Å². The number of aliphatic hydroxyl groups is 1. The maximum absolute atomic E-state index is 11.8. The Kier molecular flexibility index (Phi) is 4.24. The number of thioether (sulfide) groups is 1. The molecular formula is C13H24N2O2S. The van der Waals surface area contributed by atoms with E-state index in [9.17, 15) is 9.90 Å². The number of carbonyl (C=O) groups excluding carboxylic acids is 1. The summed E-state index contributed by atoms with van der Waals surface area (Å²) in [6, 6.07) is 0.496. The van der Waals surface area contributed by atoms with E-state index in [1.165, 1.54) is 0 Å². The van der Waals surface area contributed by atoms with Gasteiger partial charge in [-0.3, -0.25) is 4.79 Å². The van der Waals surface area contributed by atoms with Crippen LogP contribution in [-0.4, -0.2) is 39.2 Å². The van der Waals surface area contributed by atoms with Crippen molar-refractivity contribution in [3.8, 4) is 0 Å². The van der Waals surface area contributed by atoms with Crippen LogP contribution in [0.25, 0.3) is 0 Å². The minimum absolute atomic E-state index is 0.206. The molecule has 2 aliphatic rings. The summed E-state index contributed by atoms with van der Waals surface area (Å²) in [6.07, 6.45) is 4.66. The number of amides is 1. The molecule has 0 radical (unpaired) electrons. The van der Waals surface area contributed by atoms with Crippen LogP contribution in [0.15, 0.2) is 0 Å². The number of hydrogen-bond acceptors (Lipinski definition) is 4. The fourth-order valence-electron chi connectivity index (χ4n) is 2.58. The zero-order chi connectivity index (χ0) is 13.3. The summed E-state index contributed by atoms with van der Waals surface area (Å²) in [5.41, 5.74) is 5.11. The maximum atomic E-state index is 11.8. The lowest BCUT2D eigenvalue weighted by Crippen LogP contribution is -2.54. The van der Waals surface area contributed by atoms with Crippen LogP contribution in [0.2, 0.25) is 0 Å². The number of primary amides is 1. The van der Waals surface area contributed by atoms with E-state index in [2.05, 4.69) is 5.32 Å². The highest BCUT2D eigenvalue weighted by atomic mass is 32.2. The predicted octanol–water partition coefficient (Wildman–Crippen LogP) is 1.02. The van der Waals surface area contributed by atoms with Crippen molar-refractivity contribution in [1.82, 2.24) is 5.32 Å². The van der Waals surface area contributed by atoms with Crippen molar-refractivity contribution >= 4 is 17.7 Å². The predicted molar refractivity (Wildman–Crippen MR) is 74.5 cm³/mol. The summed E-state index contributed by atoms with van der Waals surface area (Å²) in [7, 11) is 0. The Labute approximate surface area is 113 Å². The van der Waals surface area contributed by atoms with Crippen molar-refractivity contribution in [2.45, 2.75) is 74.1 Å². The lowest BCUT2D eigenvalue weighted by Gasteiger charge is -2.28. The smallest absolute Gasteiger partial charge is 0.237 e. The van der Waals surface area contributed by atoms with Crippen LogP contribution in [0.3, 0.4) is 0 Å². The zero-order valence-corrected chi connectivity index (χ0v) is 12.0. The summed E-state index contributed by atoms with van der Waals surface area (Å²) >= 11 is 1.78. The lowest BCUT2D eigenvalue weighted by molar-refractivity contribution is -0.124. The molecule has 0 spiro atoms. The summed E-state index contributed by atoms with van der Waals surface area (Å²) in [4.78, 5) is 11.8. The average Bonchev–Trinajstić information content (AvgIpc) is 2.99. The molecule has 5 heteroatoms. The zero-order valence-electron chi connectivity index (χ0n) is 11.2. The van der Waals surface area contributed by atoms with Gasteiger partial charge in [-0.15, -0.1) is 0 Å². The van der Waals surface area contributed by atoms with Crippen molar-refractivity contribution < 1.29 is 9.90 Å². The summed E-state index contributed by atoms with van der Waals surface area (Å²) in [5.74, 6) is -0.206. The molecule has 4 atom stereocenters. The third kappa shape index (κ3) is 3.19. The van der Waals surface area contributed by atoms with Gasteiger partial charge >= 0.3 is 0 Å². The monoisotopic (exact) mass is 272 g/mol. The largest absolute Gasteiger partial charge is 0.392 e. The number of aliphatic hydroxyl groups excluding tert-OH is 1. The fraction of sp³-hybridized carbons (Fsp3) is 0.923. The van der Waals surface area contributed by atoms with Crippen LogP contribution in [0.4, 0.5) is 0 Å². The fourth-order valence-corrected chi connectivity index (χ4v) is 4.05. The van der Waals surface area contributed by atoms with Gasteiger partial charge in [0, 0.05) is 16.5 Å². The number of nitrogens with two attached hydrogens (primary N) is 1. The van der Waals surface area contributed by atoms with Crippen molar-refractivity contribution in [2.75, 3.05) is 0 Å². The number of carbonyl (C=O) groups is 1. The minimum atomic E-state index is -0.489. The Morgan fingerprint density at radius 3 is 2.61 bits per heavy atom. The molecule has 2 saturated carbocycles. The molecule has 1 amide bonds. The molecular weight excluding hydrogens is 248 g/mol. The molecule has 4 nitrogen and oxygen atoms in total. The second kappa shape index (κ2) is 5.39. The van der Waals surface area contributed by atoms with Crippen LogP contribution < -0.4 is 11.1 Å². The van der Waals surface area contributed by atoms with Crippen LogP contribution in [0, 0.1) is 0 Å². The molecule has 104 valence electrons. The van der Waals surface area contributed by atoms with E-state index in [4.69, 9.17) is 5.73 Å². The van der Waals surface area contributed by atoms with Crippen molar-refractivity contribution in [2.24, 2.45) is 5.73 Å². The van der Waals surface area contributed by atoms with Gasteiger partial charge in [-0.1, -0.05) is 6.92 Å². The highest BCUT2D eigenvalue weighted by Crippen LogP contribution is 2.41. The molecule has 0 aromatic carbocycles. The standard InChI is InChI=1S/C13H24N2O2S/c1-8(16)9(2)18-11-5-6-13(7-11,12(14)17)15-10-3-4-10/h8-11,15-16H,3-7H2,1-2H3,(H2,14,17). The highest BCUT2D eigenvalue weighted by Gasteiger charge is 2.47. The van der Waals surface area contributed by atoms with Gasteiger partial charge in [0.05, 0.1) is 11.6 Å². The first-order chi connectivity index (χ1) is 8.43. The van der Waals surface area contributed by atoms with E-state index in [1.807, 2.05) is 13.8 Å². The molecule has 18 heavy (non-hydrogen) atoms. The van der Waals surface area contributed by atoms with Gasteiger partial charge in [0.2, 0.25) is 5.91 Å². The molecule has 0 aliphatic heterocycles. The average molecular weight is 272 g/mol. The van der Waals surface area contributed by atoms with E-state index >= 15 is 0 Å². The quantitative estimate of drug-likeness (QED) is 0.675. The Bertz CT molecular complexity index is 320. The van der Waals surface area contributed by atoms with Crippen molar-refractivity contribution in [3.63, 3.8) is 0 Å². The summed E-state index contributed by atoms with van der Waals surface area (Å²) in [6.45, 7) is 3.85. The molecule has 0 aromatic heterocycles. The number of hydrogen-bond donors (Lipinski definition) is 3. The Hall–Kier alpha value is -0.260. The molecule has 4 N–H and O–H groups in total. The second-order valence-corrected chi connectivity index (χ2v) is 7.49. The number of nitrogens with one attached hydrogen (secondary N) is 1. The lowest BCUT2D eigenvalue weighted by atomic mass is 9.96. The molecule has 2 rings (SSSR count). The van der Waals surface area contributed by atoms with Crippen molar-refractivity contribution in [3.05, 3.63) is 0 Å². The topological polar surface area (TPSA) is 75.3 Å². The van der Waals surface area contributed by atoms with E-state index in [0.717, 1.165) is 32.1 Å². The minimum Gasteiger partial charge on any atom is -0.392 e.